The van der Waals surface area contributed by atoms with Crippen molar-refractivity contribution >= 4 is 29.0 Å². The van der Waals surface area contributed by atoms with E-state index in [4.69, 9.17) is 9.15 Å². The SMILES string of the molecule is C[C@H](Sc1nnc(-c2cccnc2)o1)C(=O)Nc1ccc(N2CCOCC2)cc1. The summed E-state index contributed by atoms with van der Waals surface area (Å²) in [5.74, 6) is 0.252. The highest BCUT2D eigenvalue weighted by molar-refractivity contribution is 8.00. The number of ether oxygens (including phenoxy) is 1. The van der Waals surface area contributed by atoms with E-state index in [0.29, 0.717) is 11.1 Å². The minimum Gasteiger partial charge on any atom is -0.411 e. The van der Waals surface area contributed by atoms with Gasteiger partial charge in [0.2, 0.25) is 11.8 Å². The lowest BCUT2D eigenvalue weighted by Gasteiger charge is -2.28. The molecule has 1 amide bonds. The van der Waals surface area contributed by atoms with Gasteiger partial charge in [-0.15, -0.1) is 10.2 Å². The zero-order valence-corrected chi connectivity index (χ0v) is 16.8. The van der Waals surface area contributed by atoms with Crippen molar-refractivity contribution in [2.45, 2.75) is 17.4 Å². The van der Waals surface area contributed by atoms with Crippen LogP contribution in [0.25, 0.3) is 11.5 Å². The maximum atomic E-state index is 12.5. The van der Waals surface area contributed by atoms with Gasteiger partial charge in [-0.05, 0) is 43.3 Å². The topological polar surface area (TPSA) is 93.4 Å². The molecule has 0 aliphatic carbocycles. The van der Waals surface area contributed by atoms with Crippen LogP contribution in [0.1, 0.15) is 6.92 Å². The summed E-state index contributed by atoms with van der Waals surface area (Å²) in [4.78, 5) is 18.8. The molecule has 0 bridgehead atoms. The third kappa shape index (κ3) is 4.93. The first kappa shape index (κ1) is 19.4. The molecule has 150 valence electrons. The van der Waals surface area contributed by atoms with Gasteiger partial charge in [0.15, 0.2) is 0 Å². The second-order valence-electron chi connectivity index (χ2n) is 6.51. The smallest absolute Gasteiger partial charge is 0.277 e. The number of hydrogen-bond acceptors (Lipinski definition) is 8. The fourth-order valence-corrected chi connectivity index (χ4v) is 3.57. The van der Waals surface area contributed by atoms with E-state index < -0.39 is 5.25 Å². The molecule has 3 heterocycles. The standard InChI is InChI=1S/C20H21N5O3S/c1-14(29-20-24-23-19(28-20)15-3-2-8-21-13-15)18(26)22-16-4-6-17(7-5-16)25-9-11-27-12-10-25/h2-8,13-14H,9-12H2,1H3,(H,22,26)/t14-/m0/s1. The van der Waals surface area contributed by atoms with Crippen molar-refractivity contribution in [3.63, 3.8) is 0 Å². The van der Waals surface area contributed by atoms with Crippen LogP contribution in [0.3, 0.4) is 0 Å². The lowest BCUT2D eigenvalue weighted by atomic mass is 10.2. The fraction of sp³-hybridized carbons (Fsp3) is 0.300. The Balaban J connectivity index is 1.33. The summed E-state index contributed by atoms with van der Waals surface area (Å²) in [5.41, 5.74) is 2.62. The number of benzene rings is 1. The molecule has 1 aromatic carbocycles. The van der Waals surface area contributed by atoms with E-state index in [1.165, 1.54) is 11.8 Å². The molecule has 9 heteroatoms. The lowest BCUT2D eigenvalue weighted by Crippen LogP contribution is -2.36. The highest BCUT2D eigenvalue weighted by atomic mass is 32.2. The van der Waals surface area contributed by atoms with E-state index in [1.54, 1.807) is 25.4 Å². The molecule has 0 unspecified atom stereocenters. The maximum Gasteiger partial charge on any atom is 0.277 e. The number of nitrogens with zero attached hydrogens (tertiary/aromatic N) is 4. The third-order valence-corrected chi connectivity index (χ3v) is 5.41. The van der Waals surface area contributed by atoms with Gasteiger partial charge in [0, 0.05) is 36.9 Å². The van der Waals surface area contributed by atoms with Crippen LogP contribution in [0.4, 0.5) is 11.4 Å². The number of carbonyl (C=O) groups is 1. The molecule has 0 saturated carbocycles. The van der Waals surface area contributed by atoms with Crippen molar-refractivity contribution in [2.75, 3.05) is 36.5 Å². The number of nitrogens with one attached hydrogen (secondary N) is 1. The first-order valence-corrected chi connectivity index (χ1v) is 10.2. The molecule has 0 spiro atoms. The van der Waals surface area contributed by atoms with Crippen LogP contribution in [0.15, 0.2) is 58.4 Å². The number of pyridine rings is 1. The van der Waals surface area contributed by atoms with Gasteiger partial charge in [-0.1, -0.05) is 11.8 Å². The van der Waals surface area contributed by atoms with Crippen molar-refractivity contribution in [3.05, 3.63) is 48.8 Å². The number of morpholine rings is 1. The number of amides is 1. The highest BCUT2D eigenvalue weighted by Gasteiger charge is 2.19. The average Bonchev–Trinajstić information content (AvgIpc) is 3.24. The molecular formula is C20H21N5O3S. The number of hydrogen-bond donors (Lipinski definition) is 1. The Morgan fingerprint density at radius 1 is 1.17 bits per heavy atom. The second-order valence-corrected chi connectivity index (χ2v) is 7.80. The number of thioether (sulfide) groups is 1. The molecule has 0 radical (unpaired) electrons. The Morgan fingerprint density at radius 3 is 2.69 bits per heavy atom. The maximum absolute atomic E-state index is 12.5. The van der Waals surface area contributed by atoms with Crippen LogP contribution in [-0.2, 0) is 9.53 Å². The lowest BCUT2D eigenvalue weighted by molar-refractivity contribution is -0.115. The molecule has 29 heavy (non-hydrogen) atoms. The molecule has 3 aromatic rings. The minimum atomic E-state index is -0.392. The molecule has 1 aliphatic heterocycles. The summed E-state index contributed by atoms with van der Waals surface area (Å²) < 4.78 is 11.0. The van der Waals surface area contributed by atoms with E-state index in [-0.39, 0.29) is 5.91 Å². The van der Waals surface area contributed by atoms with E-state index in [1.807, 2.05) is 30.3 Å². The monoisotopic (exact) mass is 411 g/mol. The molecule has 8 nitrogen and oxygen atoms in total. The number of carbonyl (C=O) groups excluding carboxylic acids is 1. The van der Waals surface area contributed by atoms with Gasteiger partial charge >= 0.3 is 0 Å². The first-order valence-electron chi connectivity index (χ1n) is 9.33. The Morgan fingerprint density at radius 2 is 1.97 bits per heavy atom. The molecule has 2 aromatic heterocycles. The molecule has 1 N–H and O–H groups in total. The second kappa shape index (κ2) is 9.06. The predicted molar refractivity (Wildman–Crippen MR) is 111 cm³/mol. The van der Waals surface area contributed by atoms with Gasteiger partial charge in [0.05, 0.1) is 24.0 Å². The average molecular weight is 411 g/mol. The van der Waals surface area contributed by atoms with Crippen LogP contribution in [-0.4, -0.2) is 52.6 Å². The molecule has 1 saturated heterocycles. The summed E-state index contributed by atoms with van der Waals surface area (Å²) in [6, 6.07) is 11.5. The summed E-state index contributed by atoms with van der Waals surface area (Å²) >= 11 is 1.22. The Hall–Kier alpha value is -2.91. The summed E-state index contributed by atoms with van der Waals surface area (Å²) in [6.07, 6.45) is 3.33. The number of anilines is 2. The van der Waals surface area contributed by atoms with Gasteiger partial charge in [0.1, 0.15) is 0 Å². The van der Waals surface area contributed by atoms with Gasteiger partial charge in [-0.2, -0.15) is 0 Å². The van der Waals surface area contributed by atoms with Gasteiger partial charge in [0.25, 0.3) is 5.22 Å². The van der Waals surface area contributed by atoms with Crippen molar-refractivity contribution in [1.82, 2.24) is 15.2 Å². The molecule has 1 atom stereocenters. The van der Waals surface area contributed by atoms with E-state index in [0.717, 1.165) is 43.2 Å². The van der Waals surface area contributed by atoms with Crippen molar-refractivity contribution < 1.29 is 13.9 Å². The van der Waals surface area contributed by atoms with Crippen LogP contribution < -0.4 is 10.2 Å². The zero-order valence-electron chi connectivity index (χ0n) is 15.9. The summed E-state index contributed by atoms with van der Waals surface area (Å²) in [6.45, 7) is 5.04. The van der Waals surface area contributed by atoms with Gasteiger partial charge in [-0.3, -0.25) is 9.78 Å². The zero-order chi connectivity index (χ0) is 20.1. The molecule has 1 aliphatic rings. The van der Waals surface area contributed by atoms with Crippen LogP contribution >= 0.6 is 11.8 Å². The molecule has 1 fully saturated rings. The van der Waals surface area contributed by atoms with Crippen molar-refractivity contribution in [1.29, 1.82) is 0 Å². The predicted octanol–water partition coefficient (Wildman–Crippen LogP) is 3.09. The fourth-order valence-electron chi connectivity index (χ4n) is 2.89. The van der Waals surface area contributed by atoms with Crippen LogP contribution in [0.2, 0.25) is 0 Å². The summed E-state index contributed by atoms with van der Waals surface area (Å²) in [5, 5.41) is 10.9. The van der Waals surface area contributed by atoms with E-state index in [9.17, 15) is 4.79 Å². The summed E-state index contributed by atoms with van der Waals surface area (Å²) in [7, 11) is 0. The number of aromatic nitrogens is 3. The van der Waals surface area contributed by atoms with E-state index in [2.05, 4.69) is 25.4 Å². The van der Waals surface area contributed by atoms with E-state index >= 15 is 0 Å². The van der Waals surface area contributed by atoms with Crippen molar-refractivity contribution in [2.24, 2.45) is 0 Å². The Bertz CT molecular complexity index is 942. The van der Waals surface area contributed by atoms with Gasteiger partial charge < -0.3 is 19.4 Å². The normalized spacial score (nSPS) is 15.1. The van der Waals surface area contributed by atoms with Crippen LogP contribution in [0, 0.1) is 0 Å². The third-order valence-electron chi connectivity index (χ3n) is 4.47. The first-order chi connectivity index (χ1) is 14.2. The minimum absolute atomic E-state index is 0.129. The number of rotatable bonds is 6. The Kier molecular flexibility index (Phi) is 6.06. The quantitative estimate of drug-likeness (QED) is 0.619. The van der Waals surface area contributed by atoms with Crippen molar-refractivity contribution in [3.8, 4) is 11.5 Å². The van der Waals surface area contributed by atoms with Gasteiger partial charge in [-0.25, -0.2) is 0 Å². The Labute approximate surface area is 172 Å². The highest BCUT2D eigenvalue weighted by Crippen LogP contribution is 2.27. The van der Waals surface area contributed by atoms with Crippen LogP contribution in [0.5, 0.6) is 0 Å². The molecular weight excluding hydrogens is 390 g/mol. The molecule has 4 rings (SSSR count). The largest absolute Gasteiger partial charge is 0.411 e.